The first-order chi connectivity index (χ1) is 14.9. The molecule has 1 aliphatic rings. The van der Waals surface area contributed by atoms with Crippen molar-refractivity contribution in [2.24, 2.45) is 5.92 Å². The molecule has 1 fully saturated rings. The summed E-state index contributed by atoms with van der Waals surface area (Å²) in [6.07, 6.45) is -0.928. The number of ether oxygens (including phenoxy) is 3. The lowest BCUT2D eigenvalue weighted by atomic mass is 10.2. The van der Waals surface area contributed by atoms with Gasteiger partial charge in [0.05, 0.1) is 25.4 Å². The Bertz CT molecular complexity index is 859. The number of amides is 1. The van der Waals surface area contributed by atoms with Gasteiger partial charge in [-0.25, -0.2) is 4.79 Å². The summed E-state index contributed by atoms with van der Waals surface area (Å²) in [5, 5.41) is 2.79. The highest BCUT2D eigenvalue weighted by molar-refractivity contribution is 5.97. The van der Waals surface area contributed by atoms with Gasteiger partial charge >= 0.3 is 5.97 Å². The Hall–Kier alpha value is -3.06. The van der Waals surface area contributed by atoms with Crippen molar-refractivity contribution in [3.05, 3.63) is 54.1 Å². The van der Waals surface area contributed by atoms with E-state index in [-0.39, 0.29) is 5.91 Å². The van der Waals surface area contributed by atoms with Crippen molar-refractivity contribution in [1.29, 1.82) is 0 Å². The number of hydrogen-bond acceptors (Lipinski definition) is 6. The number of rotatable bonds is 8. The van der Waals surface area contributed by atoms with Gasteiger partial charge in [-0.2, -0.15) is 0 Å². The lowest BCUT2D eigenvalue weighted by Gasteiger charge is -2.28. The van der Waals surface area contributed by atoms with Crippen molar-refractivity contribution in [2.75, 3.05) is 43.1 Å². The van der Waals surface area contributed by atoms with Gasteiger partial charge in [-0.3, -0.25) is 4.79 Å². The zero-order valence-corrected chi connectivity index (χ0v) is 18.3. The maximum Gasteiger partial charge on any atom is 0.338 e. The zero-order valence-electron chi connectivity index (χ0n) is 18.3. The van der Waals surface area contributed by atoms with Gasteiger partial charge in [-0.15, -0.1) is 0 Å². The molecule has 2 aromatic carbocycles. The number of carbonyl (C=O) groups is 2. The van der Waals surface area contributed by atoms with Crippen LogP contribution in [0.1, 0.15) is 31.1 Å². The normalized spacial score (nSPS) is 14.8. The van der Waals surface area contributed by atoms with E-state index in [0.717, 1.165) is 32.0 Å². The van der Waals surface area contributed by atoms with Crippen LogP contribution in [0.15, 0.2) is 48.5 Å². The molecule has 0 aromatic heterocycles. The van der Waals surface area contributed by atoms with Gasteiger partial charge in [0.25, 0.3) is 5.91 Å². The zero-order chi connectivity index (χ0) is 22.2. The maximum absolute atomic E-state index is 12.4. The number of benzene rings is 2. The monoisotopic (exact) mass is 426 g/mol. The molecule has 7 nitrogen and oxygen atoms in total. The second kappa shape index (κ2) is 10.8. The molecule has 2 aromatic rings. The minimum Gasteiger partial charge on any atom is -0.493 e. The van der Waals surface area contributed by atoms with Crippen molar-refractivity contribution < 1.29 is 23.8 Å². The van der Waals surface area contributed by atoms with E-state index in [1.807, 2.05) is 24.3 Å². The molecule has 0 aliphatic carbocycles. The van der Waals surface area contributed by atoms with E-state index in [9.17, 15) is 9.59 Å². The first-order valence-electron chi connectivity index (χ1n) is 10.6. The summed E-state index contributed by atoms with van der Waals surface area (Å²) in [5.41, 5.74) is 2.10. The predicted octanol–water partition coefficient (Wildman–Crippen LogP) is 3.74. The summed E-state index contributed by atoms with van der Waals surface area (Å²) < 4.78 is 16.3. The van der Waals surface area contributed by atoms with Gasteiger partial charge in [-0.05, 0) is 61.4 Å². The van der Waals surface area contributed by atoms with Crippen LogP contribution < -0.4 is 15.0 Å². The topological polar surface area (TPSA) is 77.1 Å². The number of nitrogens with zero attached hydrogens (tertiary/aromatic N) is 1. The molecule has 0 bridgehead atoms. The molecule has 1 saturated heterocycles. The lowest BCUT2D eigenvalue weighted by Crippen LogP contribution is -2.36. The van der Waals surface area contributed by atoms with E-state index in [2.05, 4.69) is 24.1 Å². The maximum atomic E-state index is 12.4. The molecule has 1 aliphatic heterocycles. The first-order valence-corrected chi connectivity index (χ1v) is 10.6. The van der Waals surface area contributed by atoms with Crippen LogP contribution in [0.3, 0.4) is 0 Å². The second-order valence-corrected chi connectivity index (χ2v) is 7.91. The highest BCUT2D eigenvalue weighted by atomic mass is 16.5. The van der Waals surface area contributed by atoms with Crippen molar-refractivity contribution in [3.63, 3.8) is 0 Å². The smallest absolute Gasteiger partial charge is 0.338 e. The molecule has 0 radical (unpaired) electrons. The van der Waals surface area contributed by atoms with Crippen LogP contribution in [-0.2, 0) is 14.3 Å². The Morgan fingerprint density at radius 1 is 1.00 bits per heavy atom. The van der Waals surface area contributed by atoms with Gasteiger partial charge in [0.15, 0.2) is 6.10 Å². The minimum atomic E-state index is -0.928. The van der Waals surface area contributed by atoms with E-state index in [4.69, 9.17) is 14.2 Å². The minimum absolute atomic E-state index is 0.367. The van der Waals surface area contributed by atoms with Crippen LogP contribution in [-0.4, -0.2) is 50.9 Å². The molecule has 0 saturated carbocycles. The third-order valence-electron chi connectivity index (χ3n) is 4.84. The molecule has 1 heterocycles. The molecule has 1 N–H and O–H groups in total. The van der Waals surface area contributed by atoms with Crippen LogP contribution >= 0.6 is 0 Å². The Kier molecular flexibility index (Phi) is 7.89. The summed E-state index contributed by atoms with van der Waals surface area (Å²) in [5.74, 6) is 0.168. The Balaban J connectivity index is 1.49. The van der Waals surface area contributed by atoms with Crippen LogP contribution in [0.25, 0.3) is 0 Å². The predicted molar refractivity (Wildman–Crippen MR) is 120 cm³/mol. The molecule has 0 spiro atoms. The summed E-state index contributed by atoms with van der Waals surface area (Å²) in [6, 6.07) is 14.3. The fraction of sp³-hybridized carbons (Fsp3) is 0.417. The summed E-state index contributed by atoms with van der Waals surface area (Å²) >= 11 is 0. The molecule has 31 heavy (non-hydrogen) atoms. The molecule has 7 heteroatoms. The standard InChI is InChI=1S/C24H30N2O5/c1-17(2)16-30-22-10-4-19(5-11-22)24(28)31-18(3)23(27)25-20-6-8-21(9-7-20)26-12-14-29-15-13-26/h4-11,17-18H,12-16H2,1-3H3,(H,25,27)/t18-/m1/s1. The third kappa shape index (κ3) is 6.72. The van der Waals surface area contributed by atoms with Crippen molar-refractivity contribution in [2.45, 2.75) is 26.9 Å². The number of hydrogen-bond donors (Lipinski definition) is 1. The fourth-order valence-corrected chi connectivity index (χ4v) is 3.05. The van der Waals surface area contributed by atoms with Crippen LogP contribution in [0.2, 0.25) is 0 Å². The van der Waals surface area contributed by atoms with Crippen molar-refractivity contribution in [3.8, 4) is 5.75 Å². The summed E-state index contributed by atoms with van der Waals surface area (Å²) in [6.45, 7) is 9.42. The van der Waals surface area contributed by atoms with E-state index in [0.29, 0.717) is 29.5 Å². The number of carbonyl (C=O) groups excluding carboxylic acids is 2. The number of nitrogens with one attached hydrogen (secondary N) is 1. The molecule has 3 rings (SSSR count). The summed E-state index contributed by atoms with van der Waals surface area (Å²) in [7, 11) is 0. The molecular formula is C24H30N2O5. The molecular weight excluding hydrogens is 396 g/mol. The molecule has 1 amide bonds. The highest BCUT2D eigenvalue weighted by Gasteiger charge is 2.19. The van der Waals surface area contributed by atoms with Gasteiger partial charge in [0, 0.05) is 24.5 Å². The number of anilines is 2. The average Bonchev–Trinajstić information content (AvgIpc) is 2.79. The molecule has 0 unspecified atom stereocenters. The fourth-order valence-electron chi connectivity index (χ4n) is 3.05. The molecule has 1 atom stereocenters. The SMILES string of the molecule is CC(C)COc1ccc(C(=O)O[C@H](C)C(=O)Nc2ccc(N3CCOCC3)cc2)cc1. The Labute approximate surface area is 183 Å². The lowest BCUT2D eigenvalue weighted by molar-refractivity contribution is -0.123. The Morgan fingerprint density at radius 3 is 2.26 bits per heavy atom. The van der Waals surface area contributed by atoms with E-state index in [1.165, 1.54) is 0 Å². The van der Waals surface area contributed by atoms with E-state index in [1.54, 1.807) is 31.2 Å². The van der Waals surface area contributed by atoms with Crippen LogP contribution in [0, 0.1) is 5.92 Å². The quantitative estimate of drug-likeness (QED) is 0.648. The van der Waals surface area contributed by atoms with Gasteiger partial charge < -0.3 is 24.4 Å². The largest absolute Gasteiger partial charge is 0.493 e. The van der Waals surface area contributed by atoms with Crippen molar-refractivity contribution >= 4 is 23.3 Å². The highest BCUT2D eigenvalue weighted by Crippen LogP contribution is 2.20. The van der Waals surface area contributed by atoms with E-state index < -0.39 is 12.1 Å². The number of morpholine rings is 1. The van der Waals surface area contributed by atoms with E-state index >= 15 is 0 Å². The van der Waals surface area contributed by atoms with Crippen molar-refractivity contribution in [1.82, 2.24) is 0 Å². The summed E-state index contributed by atoms with van der Waals surface area (Å²) in [4.78, 5) is 27.0. The van der Waals surface area contributed by atoms with Gasteiger partial charge in [-0.1, -0.05) is 13.8 Å². The Morgan fingerprint density at radius 2 is 1.65 bits per heavy atom. The average molecular weight is 427 g/mol. The van der Waals surface area contributed by atoms with Crippen LogP contribution in [0.4, 0.5) is 11.4 Å². The molecule has 166 valence electrons. The number of esters is 1. The van der Waals surface area contributed by atoms with Gasteiger partial charge in [0.1, 0.15) is 5.75 Å². The third-order valence-corrected chi connectivity index (χ3v) is 4.84. The first kappa shape index (κ1) is 22.6. The van der Waals surface area contributed by atoms with Crippen LogP contribution in [0.5, 0.6) is 5.75 Å². The van der Waals surface area contributed by atoms with Gasteiger partial charge in [0.2, 0.25) is 0 Å². The second-order valence-electron chi connectivity index (χ2n) is 7.91.